The molecular weight excluding hydrogens is 373 g/mol. The summed E-state index contributed by atoms with van der Waals surface area (Å²) in [5.74, 6) is -0.305. The highest BCUT2D eigenvalue weighted by molar-refractivity contribution is 6.04. The lowest BCUT2D eigenvalue weighted by Crippen LogP contribution is -2.24. The zero-order chi connectivity index (χ0) is 20.4. The fourth-order valence-electron chi connectivity index (χ4n) is 3.59. The number of hydrogen-bond acceptors (Lipinski definition) is 5. The molecule has 4 rings (SSSR count). The fraction of sp³-hybridized carbons (Fsp3) is 0.318. The van der Waals surface area contributed by atoms with Gasteiger partial charge in [0.25, 0.3) is 0 Å². The average molecular weight is 397 g/mol. The van der Waals surface area contributed by atoms with Gasteiger partial charge in [0.15, 0.2) is 12.2 Å². The molecule has 0 bridgehead atoms. The Hall–Kier alpha value is -2.90. The van der Waals surface area contributed by atoms with Crippen molar-refractivity contribution >= 4 is 28.5 Å². The lowest BCUT2D eigenvalue weighted by molar-refractivity contribution is -0.0447. The van der Waals surface area contributed by atoms with E-state index in [2.05, 4.69) is 9.98 Å². The van der Waals surface area contributed by atoms with Crippen LogP contribution in [0.25, 0.3) is 10.9 Å². The van der Waals surface area contributed by atoms with Gasteiger partial charge in [-0.25, -0.2) is 4.39 Å². The summed E-state index contributed by atoms with van der Waals surface area (Å²) in [7, 11) is 1.84. The molecule has 1 aromatic heterocycles. The number of halogens is 1. The van der Waals surface area contributed by atoms with E-state index in [0.29, 0.717) is 43.1 Å². The zero-order valence-electron chi connectivity index (χ0n) is 16.5. The van der Waals surface area contributed by atoms with E-state index in [9.17, 15) is 9.50 Å². The van der Waals surface area contributed by atoms with Crippen LogP contribution in [-0.2, 0) is 9.47 Å². The Morgan fingerprint density at radius 3 is 2.83 bits per heavy atom. The van der Waals surface area contributed by atoms with E-state index in [4.69, 9.17) is 9.47 Å². The molecule has 0 atom stereocenters. The van der Waals surface area contributed by atoms with E-state index >= 15 is 0 Å². The first-order valence-corrected chi connectivity index (χ1v) is 9.61. The normalized spacial score (nSPS) is 15.0. The van der Waals surface area contributed by atoms with Gasteiger partial charge in [-0.05, 0) is 30.7 Å². The first kappa shape index (κ1) is 19.4. The SMILES string of the molecule is Cc1cccc2[nH]c(O)c(C=Nc3ccc(N(C)CCC4OCCO4)c(F)c3)c12. The summed E-state index contributed by atoms with van der Waals surface area (Å²) in [5.41, 5.74) is 3.43. The number of hydrogen-bond donors (Lipinski definition) is 2. The van der Waals surface area contributed by atoms with Gasteiger partial charge in [0.2, 0.25) is 0 Å². The monoisotopic (exact) mass is 397 g/mol. The van der Waals surface area contributed by atoms with Crippen molar-refractivity contribution in [1.82, 2.24) is 4.98 Å². The number of anilines is 1. The number of rotatable bonds is 6. The predicted molar refractivity (Wildman–Crippen MR) is 112 cm³/mol. The summed E-state index contributed by atoms with van der Waals surface area (Å²) in [6.45, 7) is 3.81. The smallest absolute Gasteiger partial charge is 0.198 e. The average Bonchev–Trinajstić information content (AvgIpc) is 3.32. The molecular formula is C22H24FN3O3. The molecule has 2 aromatic carbocycles. The minimum absolute atomic E-state index is 0.0474. The van der Waals surface area contributed by atoms with Crippen LogP contribution in [0.1, 0.15) is 17.5 Å². The number of aryl methyl sites for hydroxylation is 1. The highest BCUT2D eigenvalue weighted by Gasteiger charge is 2.17. The summed E-state index contributed by atoms with van der Waals surface area (Å²) in [6.07, 6.45) is 2.03. The summed E-state index contributed by atoms with van der Waals surface area (Å²) < 4.78 is 25.5. The quantitative estimate of drug-likeness (QED) is 0.610. The van der Waals surface area contributed by atoms with Crippen LogP contribution in [-0.4, -0.2) is 49.4 Å². The molecule has 0 amide bonds. The third-order valence-electron chi connectivity index (χ3n) is 5.13. The molecule has 1 aliphatic rings. The van der Waals surface area contributed by atoms with Gasteiger partial charge in [-0.1, -0.05) is 12.1 Å². The largest absolute Gasteiger partial charge is 0.494 e. The minimum atomic E-state index is -0.352. The van der Waals surface area contributed by atoms with Crippen LogP contribution >= 0.6 is 0 Å². The van der Waals surface area contributed by atoms with E-state index in [0.717, 1.165) is 16.5 Å². The van der Waals surface area contributed by atoms with E-state index in [1.54, 1.807) is 18.3 Å². The maximum absolute atomic E-state index is 14.6. The summed E-state index contributed by atoms with van der Waals surface area (Å²) in [6, 6.07) is 10.6. The second-order valence-electron chi connectivity index (χ2n) is 7.16. The predicted octanol–water partition coefficient (Wildman–Crippen LogP) is 4.27. The van der Waals surface area contributed by atoms with Crippen molar-refractivity contribution in [1.29, 1.82) is 0 Å². The zero-order valence-corrected chi connectivity index (χ0v) is 16.5. The van der Waals surface area contributed by atoms with Gasteiger partial charge in [-0.2, -0.15) is 0 Å². The Bertz CT molecular complexity index is 1040. The number of H-pyrrole nitrogens is 1. The van der Waals surface area contributed by atoms with E-state index in [-0.39, 0.29) is 18.0 Å². The molecule has 7 heteroatoms. The molecule has 152 valence electrons. The van der Waals surface area contributed by atoms with Crippen LogP contribution in [0.3, 0.4) is 0 Å². The van der Waals surface area contributed by atoms with Gasteiger partial charge >= 0.3 is 0 Å². The van der Waals surface area contributed by atoms with Crippen LogP contribution in [0.2, 0.25) is 0 Å². The summed E-state index contributed by atoms with van der Waals surface area (Å²) in [4.78, 5) is 9.14. The summed E-state index contributed by atoms with van der Waals surface area (Å²) >= 11 is 0. The molecule has 0 saturated carbocycles. The molecule has 0 unspecified atom stereocenters. The number of aliphatic imine (C=N–C) groups is 1. The van der Waals surface area contributed by atoms with E-state index < -0.39 is 0 Å². The van der Waals surface area contributed by atoms with E-state index in [1.807, 2.05) is 37.1 Å². The number of benzene rings is 2. The highest BCUT2D eigenvalue weighted by Crippen LogP contribution is 2.29. The Kier molecular flexibility index (Phi) is 5.51. The Balaban J connectivity index is 1.50. The van der Waals surface area contributed by atoms with Gasteiger partial charge in [-0.15, -0.1) is 0 Å². The first-order chi connectivity index (χ1) is 14.0. The maximum atomic E-state index is 14.6. The second kappa shape index (κ2) is 8.23. The van der Waals surface area contributed by atoms with Gasteiger partial charge in [0, 0.05) is 43.2 Å². The first-order valence-electron chi connectivity index (χ1n) is 9.61. The summed E-state index contributed by atoms with van der Waals surface area (Å²) in [5, 5.41) is 11.1. The molecule has 2 heterocycles. The van der Waals surface area contributed by atoms with Crippen molar-refractivity contribution in [2.45, 2.75) is 19.6 Å². The fourth-order valence-corrected chi connectivity index (χ4v) is 3.59. The van der Waals surface area contributed by atoms with Crippen LogP contribution in [0.5, 0.6) is 5.88 Å². The van der Waals surface area contributed by atoms with Gasteiger partial charge in [0.1, 0.15) is 5.82 Å². The van der Waals surface area contributed by atoms with Crippen molar-refractivity contribution in [3.8, 4) is 5.88 Å². The van der Waals surface area contributed by atoms with Crippen LogP contribution in [0.4, 0.5) is 15.8 Å². The lowest BCUT2D eigenvalue weighted by Gasteiger charge is -2.21. The number of aromatic nitrogens is 1. The van der Waals surface area contributed by atoms with Crippen molar-refractivity contribution < 1.29 is 19.0 Å². The third-order valence-corrected chi connectivity index (χ3v) is 5.13. The van der Waals surface area contributed by atoms with Gasteiger partial charge in [-0.3, -0.25) is 4.99 Å². The number of aromatic amines is 1. The number of nitrogens with one attached hydrogen (secondary N) is 1. The third kappa shape index (κ3) is 4.11. The van der Waals surface area contributed by atoms with Crippen molar-refractivity contribution in [3.05, 3.63) is 53.3 Å². The maximum Gasteiger partial charge on any atom is 0.198 e. The van der Waals surface area contributed by atoms with Crippen molar-refractivity contribution in [2.24, 2.45) is 4.99 Å². The standard InChI is InChI=1S/C22H24FN3O3/c1-14-4-3-5-18-21(14)16(22(27)25-18)13-24-15-6-7-19(17(23)12-15)26(2)9-8-20-28-10-11-29-20/h3-7,12-13,20,25,27H,8-11H2,1-2H3. The number of ether oxygens (including phenoxy) is 2. The Morgan fingerprint density at radius 1 is 1.28 bits per heavy atom. The van der Waals surface area contributed by atoms with Crippen LogP contribution in [0.15, 0.2) is 41.4 Å². The molecule has 1 aliphatic heterocycles. The molecule has 3 aromatic rings. The molecule has 0 aliphatic carbocycles. The molecule has 1 saturated heterocycles. The van der Waals surface area contributed by atoms with E-state index in [1.165, 1.54) is 6.07 Å². The number of nitrogens with zero attached hydrogens (tertiary/aromatic N) is 2. The second-order valence-corrected chi connectivity index (χ2v) is 7.16. The van der Waals surface area contributed by atoms with Gasteiger partial charge < -0.3 is 24.5 Å². The molecule has 29 heavy (non-hydrogen) atoms. The lowest BCUT2D eigenvalue weighted by atomic mass is 10.1. The number of aromatic hydroxyl groups is 1. The molecule has 6 nitrogen and oxygen atoms in total. The topological polar surface area (TPSA) is 70.1 Å². The van der Waals surface area contributed by atoms with Crippen LogP contribution < -0.4 is 4.90 Å². The Labute approximate surface area is 168 Å². The van der Waals surface area contributed by atoms with Crippen molar-refractivity contribution in [2.75, 3.05) is 31.7 Å². The molecule has 0 spiro atoms. The van der Waals surface area contributed by atoms with Crippen LogP contribution in [0, 0.1) is 12.7 Å². The Morgan fingerprint density at radius 2 is 2.07 bits per heavy atom. The molecule has 0 radical (unpaired) electrons. The molecule has 1 fully saturated rings. The molecule has 2 N–H and O–H groups in total. The number of fused-ring (bicyclic) bond motifs is 1. The highest BCUT2D eigenvalue weighted by atomic mass is 19.1. The minimum Gasteiger partial charge on any atom is -0.494 e. The van der Waals surface area contributed by atoms with Gasteiger partial charge in [0.05, 0.1) is 30.2 Å². The van der Waals surface area contributed by atoms with Crippen molar-refractivity contribution in [3.63, 3.8) is 0 Å².